The Morgan fingerprint density at radius 1 is 1.29 bits per heavy atom. The summed E-state index contributed by atoms with van der Waals surface area (Å²) in [7, 11) is 0. The molecule has 1 rings (SSSR count). The SMILES string of the molecule is CCN(CC)CC(C)NC(=S)NC1CCCC1. The molecule has 1 aliphatic carbocycles. The first-order chi connectivity index (χ1) is 8.15. The van der Waals surface area contributed by atoms with Crippen molar-refractivity contribution in [2.45, 2.75) is 58.5 Å². The average molecular weight is 257 g/mol. The molecule has 1 aliphatic rings. The molecule has 0 bridgehead atoms. The van der Waals surface area contributed by atoms with E-state index in [4.69, 9.17) is 12.2 Å². The summed E-state index contributed by atoms with van der Waals surface area (Å²) in [6, 6.07) is 1.02. The Labute approximate surface area is 111 Å². The molecular formula is C13H27N3S. The summed E-state index contributed by atoms with van der Waals surface area (Å²) >= 11 is 5.35. The van der Waals surface area contributed by atoms with Crippen LogP contribution in [0.15, 0.2) is 0 Å². The van der Waals surface area contributed by atoms with E-state index in [0.29, 0.717) is 12.1 Å². The third-order valence-corrected chi connectivity index (χ3v) is 3.73. The van der Waals surface area contributed by atoms with Gasteiger partial charge < -0.3 is 15.5 Å². The van der Waals surface area contributed by atoms with Crippen LogP contribution in [-0.4, -0.2) is 41.7 Å². The smallest absolute Gasteiger partial charge is 0.166 e. The van der Waals surface area contributed by atoms with E-state index in [2.05, 4.69) is 36.3 Å². The lowest BCUT2D eigenvalue weighted by molar-refractivity contribution is 0.281. The molecule has 0 aliphatic heterocycles. The molecule has 1 saturated carbocycles. The zero-order valence-corrected chi connectivity index (χ0v) is 12.3. The van der Waals surface area contributed by atoms with Crippen LogP contribution in [0.4, 0.5) is 0 Å². The maximum atomic E-state index is 5.35. The molecule has 0 saturated heterocycles. The number of nitrogens with one attached hydrogen (secondary N) is 2. The van der Waals surface area contributed by atoms with Crippen molar-refractivity contribution in [3.8, 4) is 0 Å². The van der Waals surface area contributed by atoms with Crippen LogP contribution in [0.3, 0.4) is 0 Å². The van der Waals surface area contributed by atoms with Crippen molar-refractivity contribution in [2.24, 2.45) is 0 Å². The number of hydrogen-bond acceptors (Lipinski definition) is 2. The van der Waals surface area contributed by atoms with Crippen LogP contribution in [0, 0.1) is 0 Å². The highest BCUT2D eigenvalue weighted by molar-refractivity contribution is 7.80. The van der Waals surface area contributed by atoms with Crippen molar-refractivity contribution in [2.75, 3.05) is 19.6 Å². The number of thiocarbonyl (C=S) groups is 1. The quantitative estimate of drug-likeness (QED) is 0.713. The molecular weight excluding hydrogens is 230 g/mol. The van der Waals surface area contributed by atoms with Gasteiger partial charge in [-0.25, -0.2) is 0 Å². The lowest BCUT2D eigenvalue weighted by atomic mass is 10.2. The van der Waals surface area contributed by atoms with E-state index in [-0.39, 0.29) is 0 Å². The molecule has 1 atom stereocenters. The molecule has 0 amide bonds. The molecule has 0 spiro atoms. The van der Waals surface area contributed by atoms with Crippen LogP contribution >= 0.6 is 12.2 Å². The highest BCUT2D eigenvalue weighted by Gasteiger charge is 2.16. The first-order valence-electron chi connectivity index (χ1n) is 6.95. The molecule has 2 N–H and O–H groups in total. The molecule has 3 nitrogen and oxygen atoms in total. The summed E-state index contributed by atoms with van der Waals surface area (Å²) in [4.78, 5) is 2.41. The molecule has 17 heavy (non-hydrogen) atoms. The van der Waals surface area contributed by atoms with Crippen LogP contribution in [0.1, 0.15) is 46.5 Å². The molecule has 0 aromatic carbocycles. The topological polar surface area (TPSA) is 27.3 Å². The fourth-order valence-corrected chi connectivity index (χ4v) is 2.80. The Morgan fingerprint density at radius 2 is 1.88 bits per heavy atom. The molecule has 1 fully saturated rings. The Morgan fingerprint density at radius 3 is 2.41 bits per heavy atom. The second-order valence-electron chi connectivity index (χ2n) is 4.99. The monoisotopic (exact) mass is 257 g/mol. The summed E-state index contributed by atoms with van der Waals surface area (Å²) in [6.07, 6.45) is 5.23. The largest absolute Gasteiger partial charge is 0.360 e. The Bertz CT molecular complexity index is 223. The first-order valence-corrected chi connectivity index (χ1v) is 7.35. The molecule has 4 heteroatoms. The Kier molecular flexibility index (Phi) is 6.82. The van der Waals surface area contributed by atoms with Crippen LogP contribution in [0.25, 0.3) is 0 Å². The normalized spacial score (nSPS) is 18.4. The molecule has 100 valence electrons. The van der Waals surface area contributed by atoms with E-state index in [1.54, 1.807) is 0 Å². The molecule has 0 aromatic heterocycles. The minimum Gasteiger partial charge on any atom is -0.360 e. The van der Waals surface area contributed by atoms with Gasteiger partial charge in [-0.3, -0.25) is 0 Å². The maximum absolute atomic E-state index is 5.35. The third-order valence-electron chi connectivity index (χ3n) is 3.49. The van der Waals surface area contributed by atoms with E-state index in [1.807, 2.05) is 0 Å². The summed E-state index contributed by atoms with van der Waals surface area (Å²) < 4.78 is 0. The average Bonchev–Trinajstić information content (AvgIpc) is 2.78. The van der Waals surface area contributed by atoms with E-state index < -0.39 is 0 Å². The number of hydrogen-bond donors (Lipinski definition) is 2. The predicted octanol–water partition coefficient (Wildman–Crippen LogP) is 2.12. The van der Waals surface area contributed by atoms with Gasteiger partial charge in [0.05, 0.1) is 0 Å². The number of nitrogens with zero attached hydrogens (tertiary/aromatic N) is 1. The Hall–Kier alpha value is -0.350. The van der Waals surface area contributed by atoms with E-state index in [1.165, 1.54) is 25.7 Å². The van der Waals surface area contributed by atoms with Crippen molar-refractivity contribution in [3.63, 3.8) is 0 Å². The predicted molar refractivity (Wildman–Crippen MR) is 78.4 cm³/mol. The van der Waals surface area contributed by atoms with Gasteiger partial charge in [-0.15, -0.1) is 0 Å². The molecule has 0 heterocycles. The van der Waals surface area contributed by atoms with Gasteiger partial charge in [0.15, 0.2) is 5.11 Å². The highest BCUT2D eigenvalue weighted by atomic mass is 32.1. The lowest BCUT2D eigenvalue weighted by Gasteiger charge is -2.25. The summed E-state index contributed by atoms with van der Waals surface area (Å²) in [5, 5.41) is 7.64. The van der Waals surface area contributed by atoms with Crippen molar-refractivity contribution < 1.29 is 0 Å². The summed E-state index contributed by atoms with van der Waals surface area (Å²) in [6.45, 7) is 9.85. The van der Waals surface area contributed by atoms with Gasteiger partial charge in [-0.05, 0) is 45.1 Å². The second kappa shape index (κ2) is 7.88. The van der Waals surface area contributed by atoms with Crippen LogP contribution < -0.4 is 10.6 Å². The van der Waals surface area contributed by atoms with Gasteiger partial charge in [-0.2, -0.15) is 0 Å². The third kappa shape index (κ3) is 5.68. The molecule has 0 aromatic rings. The van der Waals surface area contributed by atoms with E-state index >= 15 is 0 Å². The van der Waals surface area contributed by atoms with E-state index in [9.17, 15) is 0 Å². The minimum absolute atomic E-state index is 0.413. The van der Waals surface area contributed by atoms with Crippen LogP contribution in [-0.2, 0) is 0 Å². The first kappa shape index (κ1) is 14.7. The van der Waals surface area contributed by atoms with Gasteiger partial charge in [0.1, 0.15) is 0 Å². The zero-order chi connectivity index (χ0) is 12.7. The number of rotatable bonds is 6. The molecule has 0 radical (unpaired) electrons. The van der Waals surface area contributed by atoms with Crippen molar-refractivity contribution in [1.82, 2.24) is 15.5 Å². The standard InChI is InChI=1S/C13H27N3S/c1-4-16(5-2)10-11(3)14-13(17)15-12-8-6-7-9-12/h11-12H,4-10H2,1-3H3,(H2,14,15,17). The van der Waals surface area contributed by atoms with E-state index in [0.717, 1.165) is 24.7 Å². The summed E-state index contributed by atoms with van der Waals surface area (Å²) in [5.74, 6) is 0. The van der Waals surface area contributed by atoms with Crippen molar-refractivity contribution >= 4 is 17.3 Å². The van der Waals surface area contributed by atoms with Crippen molar-refractivity contribution in [3.05, 3.63) is 0 Å². The fraction of sp³-hybridized carbons (Fsp3) is 0.923. The van der Waals surface area contributed by atoms with Crippen molar-refractivity contribution in [1.29, 1.82) is 0 Å². The molecule has 1 unspecified atom stereocenters. The fourth-order valence-electron chi connectivity index (χ4n) is 2.44. The second-order valence-corrected chi connectivity index (χ2v) is 5.39. The van der Waals surface area contributed by atoms with Crippen LogP contribution in [0.2, 0.25) is 0 Å². The Balaban J connectivity index is 2.20. The minimum atomic E-state index is 0.413. The zero-order valence-electron chi connectivity index (χ0n) is 11.5. The maximum Gasteiger partial charge on any atom is 0.166 e. The highest BCUT2D eigenvalue weighted by Crippen LogP contribution is 2.17. The lowest BCUT2D eigenvalue weighted by Crippen LogP contribution is -2.48. The van der Waals surface area contributed by atoms with Crippen LogP contribution in [0.5, 0.6) is 0 Å². The van der Waals surface area contributed by atoms with Gasteiger partial charge in [0.2, 0.25) is 0 Å². The van der Waals surface area contributed by atoms with Gasteiger partial charge in [0.25, 0.3) is 0 Å². The van der Waals surface area contributed by atoms with Gasteiger partial charge >= 0.3 is 0 Å². The summed E-state index contributed by atoms with van der Waals surface area (Å²) in [5.41, 5.74) is 0. The van der Waals surface area contributed by atoms with Gasteiger partial charge in [-0.1, -0.05) is 26.7 Å². The van der Waals surface area contributed by atoms with Gasteiger partial charge in [0, 0.05) is 18.6 Å². The number of likely N-dealkylation sites (N-methyl/N-ethyl adjacent to an activating group) is 1.